The van der Waals surface area contributed by atoms with E-state index in [0.717, 1.165) is 41.2 Å². The highest BCUT2D eigenvalue weighted by Gasteiger charge is 2.36. The summed E-state index contributed by atoms with van der Waals surface area (Å²) in [6, 6.07) is 2.21. The van der Waals surface area contributed by atoms with Crippen LogP contribution in [0.2, 0.25) is 0 Å². The van der Waals surface area contributed by atoms with Crippen LogP contribution in [-0.2, 0) is 12.6 Å². The van der Waals surface area contributed by atoms with Crippen molar-refractivity contribution >= 4 is 5.69 Å². The summed E-state index contributed by atoms with van der Waals surface area (Å²) in [7, 11) is 0. The lowest BCUT2D eigenvalue weighted by molar-refractivity contribution is -0.385. The maximum atomic E-state index is 13.3. The number of nitro benzene ring substituents is 1. The summed E-state index contributed by atoms with van der Waals surface area (Å²) in [4.78, 5) is 10.8. The van der Waals surface area contributed by atoms with E-state index in [1.807, 2.05) is 27.7 Å². The average molecular weight is 478 g/mol. The van der Waals surface area contributed by atoms with Gasteiger partial charge in [-0.3, -0.25) is 10.1 Å². The van der Waals surface area contributed by atoms with Crippen LogP contribution >= 0.6 is 0 Å². The molecule has 0 amide bonds. The number of hydrogen-bond acceptors (Lipinski definition) is 4. The predicted octanol–water partition coefficient (Wildman–Crippen LogP) is 8.16. The van der Waals surface area contributed by atoms with Crippen LogP contribution in [-0.4, -0.2) is 10.5 Å². The van der Waals surface area contributed by atoms with Gasteiger partial charge in [0.2, 0.25) is 5.75 Å². The molecule has 3 rings (SSSR count). The van der Waals surface area contributed by atoms with Gasteiger partial charge in [0.1, 0.15) is 17.1 Å². The van der Waals surface area contributed by atoms with Crippen molar-refractivity contribution in [2.45, 2.75) is 79.0 Å². The summed E-state index contributed by atoms with van der Waals surface area (Å²) in [5.74, 6) is 0.538. The van der Waals surface area contributed by atoms with E-state index in [4.69, 9.17) is 9.47 Å². The number of fused-ring (bicyclic) bond motifs is 1. The minimum atomic E-state index is -4.65. The molecular weight excluding hydrogens is 447 g/mol. The monoisotopic (exact) mass is 477 g/mol. The van der Waals surface area contributed by atoms with Crippen LogP contribution in [0.4, 0.5) is 18.9 Å². The fourth-order valence-corrected chi connectivity index (χ4v) is 4.24. The number of hydrogen-bond donors (Lipinski definition) is 0. The molecule has 0 aromatic heterocycles. The lowest BCUT2D eigenvalue weighted by Gasteiger charge is -2.38. The van der Waals surface area contributed by atoms with Crippen LogP contribution in [0.3, 0.4) is 0 Å². The highest BCUT2D eigenvalue weighted by atomic mass is 19.4. The summed E-state index contributed by atoms with van der Waals surface area (Å²) >= 11 is 0. The van der Waals surface area contributed by atoms with E-state index in [1.165, 1.54) is 5.57 Å². The summed E-state index contributed by atoms with van der Waals surface area (Å²) < 4.78 is 52.3. The lowest BCUT2D eigenvalue weighted by Crippen LogP contribution is -2.36. The Balaban J connectivity index is 2.07. The first-order valence-electron chi connectivity index (χ1n) is 11.2. The number of allylic oxidation sites excluding steroid dienone is 2. The van der Waals surface area contributed by atoms with Gasteiger partial charge < -0.3 is 9.47 Å². The van der Waals surface area contributed by atoms with Crippen molar-refractivity contribution in [3.8, 4) is 17.2 Å². The number of rotatable bonds is 6. The predicted molar refractivity (Wildman–Crippen MR) is 125 cm³/mol. The van der Waals surface area contributed by atoms with Crippen molar-refractivity contribution in [2.24, 2.45) is 0 Å². The molecule has 2 aromatic carbocycles. The van der Waals surface area contributed by atoms with Gasteiger partial charge in [-0.15, -0.1) is 0 Å². The van der Waals surface area contributed by atoms with E-state index in [-0.39, 0.29) is 0 Å². The Morgan fingerprint density at radius 3 is 2.47 bits per heavy atom. The molecule has 0 aliphatic carbocycles. The molecule has 0 saturated carbocycles. The molecule has 34 heavy (non-hydrogen) atoms. The third kappa shape index (κ3) is 5.21. The molecule has 0 N–H and O–H groups in total. The second kappa shape index (κ2) is 9.31. The van der Waals surface area contributed by atoms with Crippen LogP contribution in [0.5, 0.6) is 17.2 Å². The molecule has 2 aromatic rings. The van der Waals surface area contributed by atoms with Crippen molar-refractivity contribution < 1.29 is 27.6 Å². The number of nitro groups is 1. The number of alkyl halides is 3. The van der Waals surface area contributed by atoms with E-state index in [0.29, 0.717) is 36.5 Å². The molecule has 0 bridgehead atoms. The minimum Gasteiger partial charge on any atom is -0.487 e. The van der Waals surface area contributed by atoms with Crippen LogP contribution < -0.4 is 9.47 Å². The number of ether oxygens (including phenoxy) is 2. The van der Waals surface area contributed by atoms with E-state index in [9.17, 15) is 23.3 Å². The molecule has 184 valence electrons. The smallest absolute Gasteiger partial charge is 0.416 e. The fraction of sp³-hybridized carbons (Fsp3) is 0.462. The van der Waals surface area contributed by atoms with Gasteiger partial charge in [-0.05, 0) is 90.0 Å². The third-order valence-electron chi connectivity index (χ3n) is 6.53. The molecule has 0 fully saturated rings. The topological polar surface area (TPSA) is 61.6 Å². The minimum absolute atomic E-state index is 0.326. The van der Waals surface area contributed by atoms with Crippen molar-refractivity contribution in [1.82, 2.24) is 0 Å². The first-order valence-corrected chi connectivity index (χ1v) is 11.2. The molecule has 0 spiro atoms. The van der Waals surface area contributed by atoms with E-state index >= 15 is 0 Å². The molecule has 0 radical (unpaired) electrons. The largest absolute Gasteiger partial charge is 0.487 e. The van der Waals surface area contributed by atoms with Crippen LogP contribution in [0.15, 0.2) is 29.8 Å². The van der Waals surface area contributed by atoms with E-state index in [2.05, 4.69) is 13.0 Å². The maximum Gasteiger partial charge on any atom is 0.416 e. The number of nitrogens with zero attached hydrogens (tertiary/aromatic N) is 1. The van der Waals surface area contributed by atoms with Gasteiger partial charge in [0, 0.05) is 17.7 Å². The molecule has 1 aliphatic heterocycles. The van der Waals surface area contributed by atoms with Crippen molar-refractivity contribution in [3.63, 3.8) is 0 Å². The average Bonchev–Trinajstić information content (AvgIpc) is 2.74. The Bertz CT molecular complexity index is 1150. The lowest BCUT2D eigenvalue weighted by atomic mass is 9.85. The maximum absolute atomic E-state index is 13.3. The highest BCUT2D eigenvalue weighted by molar-refractivity contribution is 5.62. The highest BCUT2D eigenvalue weighted by Crippen LogP contribution is 2.48. The second-order valence-corrected chi connectivity index (χ2v) is 9.42. The molecule has 1 atom stereocenters. The molecule has 8 heteroatoms. The Hall–Kier alpha value is -3.03. The Morgan fingerprint density at radius 2 is 1.88 bits per heavy atom. The SMILES string of the molecule is CC(C)=CCCC1(C)CCc2c(Oc3cc(C(F)(F)F)ccc3[N+](=O)[O-])c(C)c(C)c(C)c2O1. The van der Waals surface area contributed by atoms with Gasteiger partial charge in [0.25, 0.3) is 0 Å². The molecule has 0 saturated heterocycles. The first-order chi connectivity index (χ1) is 15.7. The standard InChI is InChI=1S/C26H30F3NO4/c1-15(2)8-7-12-25(6)13-11-20-23(17(4)16(3)18(5)24(20)34-25)33-22-14-19(26(27,28)29)9-10-21(22)30(31)32/h8-10,14H,7,11-13H2,1-6H3. The zero-order chi connectivity index (χ0) is 25.4. The van der Waals surface area contributed by atoms with Crippen LogP contribution in [0, 0.1) is 30.9 Å². The van der Waals surface area contributed by atoms with Crippen LogP contribution in [0.1, 0.15) is 67.9 Å². The molecule has 1 aliphatic rings. The number of benzene rings is 2. The van der Waals surface area contributed by atoms with Crippen molar-refractivity contribution in [2.75, 3.05) is 0 Å². The van der Waals surface area contributed by atoms with Crippen LogP contribution in [0.25, 0.3) is 0 Å². The van der Waals surface area contributed by atoms with Gasteiger partial charge in [0.05, 0.1) is 10.5 Å². The normalized spacial score (nSPS) is 17.6. The first kappa shape index (κ1) is 25.6. The van der Waals surface area contributed by atoms with Crippen molar-refractivity contribution in [1.29, 1.82) is 0 Å². The zero-order valence-corrected chi connectivity index (χ0v) is 20.4. The number of halogens is 3. The van der Waals surface area contributed by atoms with E-state index in [1.54, 1.807) is 6.92 Å². The Labute approximate surface area is 197 Å². The summed E-state index contributed by atoms with van der Waals surface area (Å²) in [6.45, 7) is 11.8. The summed E-state index contributed by atoms with van der Waals surface area (Å²) in [5, 5.41) is 11.5. The Kier molecular flexibility index (Phi) is 7.01. The third-order valence-corrected chi connectivity index (χ3v) is 6.53. The van der Waals surface area contributed by atoms with Crippen molar-refractivity contribution in [3.05, 3.63) is 67.8 Å². The second-order valence-electron chi connectivity index (χ2n) is 9.42. The molecule has 1 heterocycles. The van der Waals surface area contributed by atoms with Gasteiger partial charge in [-0.25, -0.2) is 0 Å². The van der Waals surface area contributed by atoms with Gasteiger partial charge in [-0.1, -0.05) is 11.6 Å². The van der Waals surface area contributed by atoms with Gasteiger partial charge >= 0.3 is 11.9 Å². The zero-order valence-electron chi connectivity index (χ0n) is 20.4. The Morgan fingerprint density at radius 1 is 1.21 bits per heavy atom. The fourth-order valence-electron chi connectivity index (χ4n) is 4.24. The van der Waals surface area contributed by atoms with E-state index < -0.39 is 33.7 Å². The van der Waals surface area contributed by atoms with Gasteiger partial charge in [-0.2, -0.15) is 13.2 Å². The molecule has 1 unspecified atom stereocenters. The quantitative estimate of drug-likeness (QED) is 0.239. The molecular formula is C26H30F3NO4. The summed E-state index contributed by atoms with van der Waals surface area (Å²) in [6.07, 6.45) is 0.487. The molecule has 5 nitrogen and oxygen atoms in total. The van der Waals surface area contributed by atoms with Gasteiger partial charge in [0.15, 0.2) is 0 Å². The summed E-state index contributed by atoms with van der Waals surface area (Å²) in [5.41, 5.74) is 2.57.